The lowest BCUT2D eigenvalue weighted by Gasteiger charge is -2.15. The zero-order valence-corrected chi connectivity index (χ0v) is 16.3. The first kappa shape index (κ1) is 18.9. The number of hydrogen-bond acceptors (Lipinski definition) is 4. The summed E-state index contributed by atoms with van der Waals surface area (Å²) in [5.41, 5.74) is 10.1. The number of amides is 1. The molecule has 1 atom stereocenters. The van der Waals surface area contributed by atoms with E-state index >= 15 is 0 Å². The summed E-state index contributed by atoms with van der Waals surface area (Å²) in [5, 5.41) is 9.52. The van der Waals surface area contributed by atoms with Crippen LogP contribution in [-0.4, -0.2) is 40.8 Å². The van der Waals surface area contributed by atoms with Gasteiger partial charge in [-0.05, 0) is 54.3 Å². The number of rotatable bonds is 3. The van der Waals surface area contributed by atoms with Crippen molar-refractivity contribution >= 4 is 29.5 Å². The maximum absolute atomic E-state index is 12.5. The summed E-state index contributed by atoms with van der Waals surface area (Å²) in [6.45, 7) is 3.39. The Balaban J connectivity index is 1.66. The minimum absolute atomic E-state index is 0.0730. The minimum atomic E-state index is -1.00. The van der Waals surface area contributed by atoms with Crippen molar-refractivity contribution in [2.45, 2.75) is 19.8 Å². The molecule has 148 valence electrons. The molecule has 29 heavy (non-hydrogen) atoms. The Hall–Kier alpha value is -3.41. The molecule has 2 aliphatic heterocycles. The number of nitrogens with two attached hydrogens (primary N) is 1. The molecule has 2 aromatic rings. The van der Waals surface area contributed by atoms with Gasteiger partial charge in [-0.25, -0.2) is 9.79 Å². The average Bonchev–Trinajstić information content (AvgIpc) is 3.22. The molecule has 2 aliphatic rings. The third-order valence-corrected chi connectivity index (χ3v) is 5.60. The third-order valence-electron chi connectivity index (χ3n) is 5.60. The van der Waals surface area contributed by atoms with Crippen molar-refractivity contribution < 1.29 is 14.7 Å². The first-order valence-electron chi connectivity index (χ1n) is 9.77. The quantitative estimate of drug-likeness (QED) is 0.837. The van der Waals surface area contributed by atoms with Gasteiger partial charge in [-0.2, -0.15) is 0 Å². The maximum Gasteiger partial charge on any atom is 0.332 e. The Kier molecular flexibility index (Phi) is 4.92. The summed E-state index contributed by atoms with van der Waals surface area (Å²) in [4.78, 5) is 30.4. The van der Waals surface area contributed by atoms with Crippen LogP contribution < -0.4 is 5.73 Å². The van der Waals surface area contributed by atoms with Crippen molar-refractivity contribution in [3.63, 3.8) is 0 Å². The van der Waals surface area contributed by atoms with Crippen LogP contribution >= 0.6 is 0 Å². The van der Waals surface area contributed by atoms with Crippen molar-refractivity contribution in [2.24, 2.45) is 16.6 Å². The zero-order chi connectivity index (χ0) is 20.5. The van der Waals surface area contributed by atoms with E-state index in [1.807, 2.05) is 47.4 Å². The normalized spacial score (nSPS) is 18.5. The van der Waals surface area contributed by atoms with E-state index in [2.05, 4.69) is 4.99 Å². The number of carboxylic acids is 1. The summed E-state index contributed by atoms with van der Waals surface area (Å²) in [6, 6.07) is 13.2. The molecule has 6 heteroatoms. The molecule has 1 amide bonds. The van der Waals surface area contributed by atoms with Crippen LogP contribution in [0.5, 0.6) is 0 Å². The molecular weight excluding hydrogens is 366 g/mol. The second-order valence-electron chi connectivity index (χ2n) is 7.51. The number of nitrogens with zero attached hydrogens (tertiary/aromatic N) is 2. The van der Waals surface area contributed by atoms with E-state index in [4.69, 9.17) is 5.73 Å². The number of aliphatic carboxylic acids is 1. The van der Waals surface area contributed by atoms with Crippen LogP contribution in [0.4, 0.5) is 5.69 Å². The molecule has 1 fully saturated rings. The number of carbonyl (C=O) groups is 2. The van der Waals surface area contributed by atoms with E-state index in [1.165, 1.54) is 0 Å². The summed E-state index contributed by atoms with van der Waals surface area (Å²) >= 11 is 0. The van der Waals surface area contributed by atoms with Crippen LogP contribution in [0.2, 0.25) is 0 Å². The Morgan fingerprint density at radius 3 is 2.38 bits per heavy atom. The predicted octanol–water partition coefficient (Wildman–Crippen LogP) is 3.70. The van der Waals surface area contributed by atoms with E-state index in [9.17, 15) is 14.7 Å². The van der Waals surface area contributed by atoms with Crippen molar-refractivity contribution in [3.8, 4) is 11.1 Å². The highest BCUT2D eigenvalue weighted by Crippen LogP contribution is 2.33. The van der Waals surface area contributed by atoms with Gasteiger partial charge in [0.05, 0.1) is 5.69 Å². The Morgan fingerprint density at radius 1 is 1.07 bits per heavy atom. The second kappa shape index (κ2) is 7.54. The smallest absolute Gasteiger partial charge is 0.332 e. The van der Waals surface area contributed by atoms with E-state index < -0.39 is 11.9 Å². The Bertz CT molecular complexity index is 1030. The fourth-order valence-electron chi connectivity index (χ4n) is 3.79. The van der Waals surface area contributed by atoms with Gasteiger partial charge in [-0.3, -0.25) is 4.79 Å². The number of benzene rings is 2. The van der Waals surface area contributed by atoms with Gasteiger partial charge in [0.25, 0.3) is 5.91 Å². The topological polar surface area (TPSA) is 96.0 Å². The molecule has 0 aliphatic carbocycles. The SMILES string of the molecule is CC1C(C(=O)O)=Cc2cc(-c3ccc(C(=O)N4CCCC4)cc3)ccc2N=C1N. The van der Waals surface area contributed by atoms with Crippen molar-refractivity contribution in [2.75, 3.05) is 13.1 Å². The highest BCUT2D eigenvalue weighted by atomic mass is 16.4. The van der Waals surface area contributed by atoms with Gasteiger partial charge in [-0.1, -0.05) is 25.1 Å². The van der Waals surface area contributed by atoms with Gasteiger partial charge < -0.3 is 15.7 Å². The van der Waals surface area contributed by atoms with Crippen molar-refractivity contribution in [1.29, 1.82) is 0 Å². The Labute approximate surface area is 169 Å². The van der Waals surface area contributed by atoms with Crippen molar-refractivity contribution in [1.82, 2.24) is 4.90 Å². The van der Waals surface area contributed by atoms with Gasteiger partial charge >= 0.3 is 5.97 Å². The van der Waals surface area contributed by atoms with Gasteiger partial charge in [0.1, 0.15) is 5.84 Å². The minimum Gasteiger partial charge on any atom is -0.478 e. The molecule has 0 radical (unpaired) electrons. The first-order valence-corrected chi connectivity index (χ1v) is 9.77. The van der Waals surface area contributed by atoms with Crippen LogP contribution in [-0.2, 0) is 4.79 Å². The lowest BCUT2D eigenvalue weighted by molar-refractivity contribution is -0.132. The van der Waals surface area contributed by atoms with Crippen LogP contribution in [0.15, 0.2) is 53.0 Å². The molecule has 2 aromatic carbocycles. The maximum atomic E-state index is 12.5. The van der Waals surface area contributed by atoms with Crippen LogP contribution in [0.3, 0.4) is 0 Å². The highest BCUT2D eigenvalue weighted by Gasteiger charge is 2.23. The number of likely N-dealkylation sites (tertiary alicyclic amines) is 1. The van der Waals surface area contributed by atoms with Gasteiger partial charge in [0, 0.05) is 35.7 Å². The van der Waals surface area contributed by atoms with E-state index in [-0.39, 0.29) is 17.3 Å². The lowest BCUT2D eigenvalue weighted by Crippen LogP contribution is -2.27. The Morgan fingerprint density at radius 2 is 1.72 bits per heavy atom. The standard InChI is InChI=1S/C23H23N3O3/c1-14-19(23(28)29)13-18-12-17(8-9-20(18)25-21(14)24)15-4-6-16(7-5-15)22(27)26-10-2-3-11-26/h4-9,12-14H,2-3,10-11H2,1H3,(H2,24,25)(H,28,29). The first-order chi connectivity index (χ1) is 13.9. The monoisotopic (exact) mass is 389 g/mol. The molecule has 1 saturated heterocycles. The fourth-order valence-corrected chi connectivity index (χ4v) is 3.79. The lowest BCUT2D eigenvalue weighted by atomic mass is 9.96. The van der Waals surface area contributed by atoms with Crippen LogP contribution in [0, 0.1) is 5.92 Å². The van der Waals surface area contributed by atoms with Crippen LogP contribution in [0.25, 0.3) is 17.2 Å². The molecule has 1 unspecified atom stereocenters. The van der Waals surface area contributed by atoms with E-state index in [1.54, 1.807) is 13.0 Å². The molecule has 0 bridgehead atoms. The number of carboxylic acid groups (broad SMARTS) is 1. The molecule has 6 nitrogen and oxygen atoms in total. The number of fused-ring (bicyclic) bond motifs is 1. The molecule has 3 N–H and O–H groups in total. The number of hydrogen-bond donors (Lipinski definition) is 2. The fraction of sp³-hybridized carbons (Fsp3) is 0.261. The molecule has 4 rings (SSSR count). The second-order valence-corrected chi connectivity index (χ2v) is 7.51. The molecule has 0 aromatic heterocycles. The van der Waals surface area contributed by atoms with Gasteiger partial charge in [0.2, 0.25) is 0 Å². The third kappa shape index (κ3) is 3.66. The van der Waals surface area contributed by atoms with Crippen molar-refractivity contribution in [3.05, 3.63) is 59.2 Å². The number of amidine groups is 1. The number of carbonyl (C=O) groups excluding carboxylic acids is 1. The van der Waals surface area contributed by atoms with E-state index in [0.717, 1.165) is 37.1 Å². The summed E-state index contributed by atoms with van der Waals surface area (Å²) in [6.07, 6.45) is 3.77. The predicted molar refractivity (Wildman–Crippen MR) is 113 cm³/mol. The zero-order valence-electron chi connectivity index (χ0n) is 16.3. The summed E-state index contributed by atoms with van der Waals surface area (Å²) < 4.78 is 0. The van der Waals surface area contributed by atoms with E-state index in [0.29, 0.717) is 16.8 Å². The van der Waals surface area contributed by atoms with Gasteiger partial charge in [0.15, 0.2) is 0 Å². The highest BCUT2D eigenvalue weighted by molar-refractivity contribution is 6.04. The molecule has 0 saturated carbocycles. The summed E-state index contributed by atoms with van der Waals surface area (Å²) in [5.74, 6) is -1.10. The molecule has 0 spiro atoms. The largest absolute Gasteiger partial charge is 0.478 e. The molecular formula is C23H23N3O3. The number of aliphatic imine (C=N–C) groups is 1. The van der Waals surface area contributed by atoms with Crippen LogP contribution in [0.1, 0.15) is 35.7 Å². The molecule has 2 heterocycles. The van der Waals surface area contributed by atoms with Gasteiger partial charge in [-0.15, -0.1) is 0 Å². The summed E-state index contributed by atoms with van der Waals surface area (Å²) in [7, 11) is 0. The average molecular weight is 389 g/mol.